The van der Waals surface area contributed by atoms with E-state index in [1.54, 1.807) is 14.2 Å². The molecule has 0 aliphatic carbocycles. The van der Waals surface area contributed by atoms with Gasteiger partial charge in [0.25, 0.3) is 0 Å². The van der Waals surface area contributed by atoms with Gasteiger partial charge in [0.1, 0.15) is 11.5 Å². The third-order valence-corrected chi connectivity index (χ3v) is 7.96. The third kappa shape index (κ3) is 3.69. The summed E-state index contributed by atoms with van der Waals surface area (Å²) >= 11 is 0. The van der Waals surface area contributed by atoms with Gasteiger partial charge >= 0.3 is 0 Å². The Bertz CT molecular complexity index is 983. The summed E-state index contributed by atoms with van der Waals surface area (Å²) in [5.74, 6) is 1.70. The van der Waals surface area contributed by atoms with Gasteiger partial charge in [-0.3, -0.25) is 0 Å². The average Bonchev–Trinajstić information content (AvgIpc) is 3.34. The predicted octanol–water partition coefficient (Wildman–Crippen LogP) is 3.14. The van der Waals surface area contributed by atoms with Crippen LogP contribution in [0.4, 0.5) is 0 Å². The molecule has 4 rings (SSSR count). The summed E-state index contributed by atoms with van der Waals surface area (Å²) in [7, 11) is 2.52. The van der Waals surface area contributed by atoms with Crippen LogP contribution in [0.3, 0.4) is 0 Å². The molecule has 1 heterocycles. The molecule has 0 spiro atoms. The van der Waals surface area contributed by atoms with Crippen LogP contribution in [0.5, 0.6) is 11.5 Å². The van der Waals surface area contributed by atoms with Gasteiger partial charge in [-0.2, -0.15) is 0 Å². The summed E-state index contributed by atoms with van der Waals surface area (Å²) < 4.78 is 13.1. The summed E-state index contributed by atoms with van der Waals surface area (Å²) in [4.78, 5) is 4.38. The third-order valence-electron chi connectivity index (χ3n) is 5.38. The van der Waals surface area contributed by atoms with Crippen LogP contribution in [0.15, 0.2) is 97.6 Å². The molecule has 5 heteroatoms. The normalized spacial score (nSPS) is 11.7. The van der Waals surface area contributed by atoms with Crippen molar-refractivity contribution in [1.29, 1.82) is 0 Å². The van der Waals surface area contributed by atoms with Gasteiger partial charge in [-0.25, -0.2) is 4.98 Å². The molecule has 0 amide bonds. The predicted molar refractivity (Wildman–Crippen MR) is 119 cm³/mol. The first kappa shape index (κ1) is 19.0. The lowest BCUT2D eigenvalue weighted by Crippen LogP contribution is -2.46. The second-order valence-electron chi connectivity index (χ2n) is 6.95. The maximum absolute atomic E-state index is 5.40. The summed E-state index contributed by atoms with van der Waals surface area (Å²) in [6.07, 6.45) is 5.83. The fourth-order valence-corrected chi connectivity index (χ4v) is 6.22. The molecular weight excluding hydrogens is 376 g/mol. The van der Waals surface area contributed by atoms with E-state index in [1.165, 1.54) is 16.3 Å². The Hall–Kier alpha value is -3.31. The summed E-state index contributed by atoms with van der Waals surface area (Å²) in [6.45, 7) is 0. The molecule has 146 valence electrons. The molecule has 0 aliphatic heterocycles. The minimum Gasteiger partial charge on any atom is -0.497 e. The first-order valence-corrected chi connectivity index (χ1v) is 11.0. The first-order valence-electron chi connectivity index (χ1n) is 9.58. The number of benzene rings is 3. The second-order valence-corrected chi connectivity index (χ2v) is 9.14. The molecule has 0 aliphatic rings. The van der Waals surface area contributed by atoms with Gasteiger partial charge in [-0.05, 0) is 35.4 Å². The Morgan fingerprint density at radius 2 is 1.31 bits per heavy atom. The molecule has 3 aromatic carbocycles. The van der Waals surface area contributed by atoms with Crippen LogP contribution in [0.25, 0.3) is 0 Å². The Balaban J connectivity index is 1.95. The van der Waals surface area contributed by atoms with Crippen molar-refractivity contribution < 1.29 is 9.47 Å². The molecule has 0 bridgehead atoms. The lowest BCUT2D eigenvalue weighted by Gasteiger charge is -2.37. The fraction of sp³-hybridized carbons (Fsp3) is 0.125. The van der Waals surface area contributed by atoms with Gasteiger partial charge in [0.15, 0.2) is 0 Å². The highest BCUT2D eigenvalue weighted by Gasteiger charge is 2.36. The number of aromatic nitrogens is 2. The zero-order valence-corrected chi connectivity index (χ0v) is 18.1. The first-order chi connectivity index (χ1) is 14.3. The van der Waals surface area contributed by atoms with Gasteiger partial charge in [-0.1, -0.05) is 59.8 Å². The Morgan fingerprint density at radius 3 is 1.76 bits per heavy atom. The maximum atomic E-state index is 5.40. The highest BCUT2D eigenvalue weighted by atomic mass is 28.2. The lowest BCUT2D eigenvalue weighted by molar-refractivity contribution is 0.414. The number of hydrogen-bond donors (Lipinski definition) is 0. The zero-order chi connectivity index (χ0) is 20.1. The van der Waals surface area contributed by atoms with Crippen LogP contribution in [0, 0.1) is 0 Å². The zero-order valence-electron chi connectivity index (χ0n) is 16.7. The van der Waals surface area contributed by atoms with Crippen molar-refractivity contribution in [3.05, 3.63) is 109 Å². The summed E-state index contributed by atoms with van der Waals surface area (Å²) in [6, 6.07) is 27.5. The standard InChI is InChI=1S/C24H24N2O2Si/c1-27-21-12-8-19(9-13-21)24(26-17-16-25-18-26,29-23-6-4-3-5-7-23)20-10-14-22(28-2)15-11-20/h3-18H,29H2,1-2H3. The molecule has 1 aromatic heterocycles. The highest BCUT2D eigenvalue weighted by Crippen LogP contribution is 2.35. The van der Waals surface area contributed by atoms with E-state index in [2.05, 4.69) is 70.3 Å². The van der Waals surface area contributed by atoms with E-state index in [1.807, 2.05) is 36.8 Å². The molecule has 0 unspecified atom stereocenters. The molecule has 0 fully saturated rings. The fourth-order valence-electron chi connectivity index (χ4n) is 3.87. The van der Waals surface area contributed by atoms with Crippen LogP contribution < -0.4 is 14.7 Å². The summed E-state index contributed by atoms with van der Waals surface area (Å²) in [5.41, 5.74) is 2.44. The molecule has 4 nitrogen and oxygen atoms in total. The SMILES string of the molecule is COc1ccc(C([SiH2]c2ccccc2)(c2ccc(OC)cc2)n2ccnc2)cc1. The minimum atomic E-state index is -0.866. The highest BCUT2D eigenvalue weighted by molar-refractivity contribution is 6.57. The quantitative estimate of drug-likeness (QED) is 0.447. The van der Waals surface area contributed by atoms with E-state index in [-0.39, 0.29) is 5.16 Å². The van der Waals surface area contributed by atoms with Crippen molar-refractivity contribution in [2.75, 3.05) is 14.2 Å². The van der Waals surface area contributed by atoms with Crippen LogP contribution >= 0.6 is 0 Å². The number of rotatable bonds is 7. The monoisotopic (exact) mass is 400 g/mol. The topological polar surface area (TPSA) is 36.3 Å². The lowest BCUT2D eigenvalue weighted by atomic mass is 9.97. The van der Waals surface area contributed by atoms with Gasteiger partial charge in [-0.15, -0.1) is 0 Å². The smallest absolute Gasteiger partial charge is 0.118 e. The summed E-state index contributed by atoms with van der Waals surface area (Å²) in [5, 5.41) is 1.06. The number of nitrogens with zero attached hydrogens (tertiary/aromatic N) is 2. The Kier molecular flexibility index (Phi) is 5.49. The van der Waals surface area contributed by atoms with Crippen molar-refractivity contribution in [3.63, 3.8) is 0 Å². The largest absolute Gasteiger partial charge is 0.497 e. The van der Waals surface area contributed by atoms with E-state index in [4.69, 9.17) is 9.47 Å². The van der Waals surface area contributed by atoms with Gasteiger partial charge in [0, 0.05) is 12.4 Å². The van der Waals surface area contributed by atoms with Crippen LogP contribution in [0.1, 0.15) is 11.1 Å². The van der Waals surface area contributed by atoms with Crippen LogP contribution in [-0.4, -0.2) is 33.3 Å². The average molecular weight is 401 g/mol. The Labute approximate surface area is 173 Å². The number of ether oxygens (including phenoxy) is 2. The van der Waals surface area contributed by atoms with Gasteiger partial charge in [0.05, 0.1) is 35.2 Å². The Morgan fingerprint density at radius 1 is 0.759 bits per heavy atom. The van der Waals surface area contributed by atoms with E-state index < -0.39 is 9.52 Å². The van der Waals surface area contributed by atoms with E-state index >= 15 is 0 Å². The number of methoxy groups -OCH3 is 2. The maximum Gasteiger partial charge on any atom is 0.118 e. The molecule has 0 radical (unpaired) electrons. The minimum absolute atomic E-state index is 0.323. The van der Waals surface area contributed by atoms with E-state index in [0.717, 1.165) is 11.5 Å². The van der Waals surface area contributed by atoms with Crippen LogP contribution in [0.2, 0.25) is 0 Å². The van der Waals surface area contributed by atoms with Gasteiger partial charge in [0.2, 0.25) is 0 Å². The molecular formula is C24H24N2O2Si. The number of hydrogen-bond acceptors (Lipinski definition) is 3. The molecule has 0 saturated heterocycles. The second kappa shape index (κ2) is 8.37. The van der Waals surface area contributed by atoms with E-state index in [9.17, 15) is 0 Å². The van der Waals surface area contributed by atoms with Crippen molar-refractivity contribution in [2.45, 2.75) is 5.16 Å². The molecule has 0 N–H and O–H groups in total. The van der Waals surface area contributed by atoms with Gasteiger partial charge < -0.3 is 14.0 Å². The molecule has 0 saturated carbocycles. The van der Waals surface area contributed by atoms with E-state index in [0.29, 0.717) is 0 Å². The van der Waals surface area contributed by atoms with Crippen LogP contribution in [-0.2, 0) is 5.16 Å². The van der Waals surface area contributed by atoms with Crippen molar-refractivity contribution in [1.82, 2.24) is 9.55 Å². The molecule has 29 heavy (non-hydrogen) atoms. The van der Waals surface area contributed by atoms with Crippen molar-refractivity contribution >= 4 is 14.7 Å². The van der Waals surface area contributed by atoms with Crippen molar-refractivity contribution in [2.24, 2.45) is 0 Å². The van der Waals surface area contributed by atoms with Crippen molar-refractivity contribution in [3.8, 4) is 11.5 Å². The molecule has 4 aromatic rings. The molecule has 0 atom stereocenters. The number of imidazole rings is 1.